The summed E-state index contributed by atoms with van der Waals surface area (Å²) in [4.78, 5) is 26.6. The molecule has 0 saturated heterocycles. The predicted molar refractivity (Wildman–Crippen MR) is 128 cm³/mol. The third-order valence-corrected chi connectivity index (χ3v) is 5.73. The van der Waals surface area contributed by atoms with Gasteiger partial charge in [0.1, 0.15) is 11.9 Å². The number of aryl methyl sites for hydroxylation is 1. The predicted octanol–water partition coefficient (Wildman–Crippen LogP) is 4.86. The molecule has 2 amide bonds. The number of nitrogens with zero attached hydrogens (tertiary/aromatic N) is 2. The smallest absolute Gasteiger partial charge is 0.253 e. The molecule has 174 valence electrons. The Hall–Kier alpha value is -3.19. The summed E-state index contributed by atoms with van der Waals surface area (Å²) < 4.78 is 13.4. The highest BCUT2D eigenvalue weighted by atomic mass is 35.5. The summed E-state index contributed by atoms with van der Waals surface area (Å²) in [7, 11) is 1.74. The summed E-state index contributed by atoms with van der Waals surface area (Å²) in [6.07, 6.45) is 3.54. The zero-order chi connectivity index (χ0) is 23.8. The summed E-state index contributed by atoms with van der Waals surface area (Å²) in [5.41, 5.74) is 2.81. The van der Waals surface area contributed by atoms with Crippen molar-refractivity contribution in [2.45, 2.75) is 38.6 Å². The van der Waals surface area contributed by atoms with Crippen LogP contribution in [0.1, 0.15) is 42.2 Å². The third kappa shape index (κ3) is 6.89. The van der Waals surface area contributed by atoms with E-state index in [0.717, 1.165) is 42.6 Å². The molecule has 2 aromatic carbocycles. The van der Waals surface area contributed by atoms with Gasteiger partial charge in [0.25, 0.3) is 5.91 Å². The summed E-state index contributed by atoms with van der Waals surface area (Å²) in [6.45, 7) is 2.27. The molecule has 3 aromatic rings. The molecule has 1 unspecified atom stereocenters. The van der Waals surface area contributed by atoms with Gasteiger partial charge < -0.3 is 10.2 Å². The van der Waals surface area contributed by atoms with Crippen molar-refractivity contribution in [3.8, 4) is 11.3 Å². The molecule has 0 fully saturated rings. The van der Waals surface area contributed by atoms with E-state index in [2.05, 4.69) is 15.5 Å². The van der Waals surface area contributed by atoms with Crippen molar-refractivity contribution >= 4 is 23.4 Å². The van der Waals surface area contributed by atoms with Crippen LogP contribution in [-0.4, -0.2) is 46.5 Å². The Morgan fingerprint density at radius 2 is 1.91 bits per heavy atom. The van der Waals surface area contributed by atoms with Crippen molar-refractivity contribution in [2.24, 2.45) is 0 Å². The Bertz CT molecular complexity index is 1100. The summed E-state index contributed by atoms with van der Waals surface area (Å²) >= 11 is 6.05. The zero-order valence-electron chi connectivity index (χ0n) is 18.8. The molecule has 0 aliphatic rings. The number of H-pyrrole nitrogens is 1. The van der Waals surface area contributed by atoms with Gasteiger partial charge in [0.2, 0.25) is 5.91 Å². The second kappa shape index (κ2) is 11.6. The molecule has 3 rings (SSSR count). The molecule has 0 spiro atoms. The van der Waals surface area contributed by atoms with E-state index >= 15 is 0 Å². The number of halogens is 2. The molecule has 1 aromatic heterocycles. The number of hydrogen-bond donors (Lipinski definition) is 2. The van der Waals surface area contributed by atoms with Crippen LogP contribution in [0.15, 0.2) is 54.6 Å². The van der Waals surface area contributed by atoms with Crippen LogP contribution in [0.25, 0.3) is 11.3 Å². The van der Waals surface area contributed by atoms with Crippen LogP contribution in [0, 0.1) is 5.82 Å². The maximum absolute atomic E-state index is 13.4. The molecular weight excluding hydrogens is 443 g/mol. The van der Waals surface area contributed by atoms with Gasteiger partial charge in [-0.15, -0.1) is 0 Å². The van der Waals surface area contributed by atoms with E-state index in [1.54, 1.807) is 49.2 Å². The number of carbonyl (C=O) groups is 2. The Labute approximate surface area is 198 Å². The zero-order valence-corrected chi connectivity index (χ0v) is 19.5. The Morgan fingerprint density at radius 3 is 2.67 bits per heavy atom. The molecule has 2 N–H and O–H groups in total. The minimum Gasteiger partial charge on any atom is -0.344 e. The van der Waals surface area contributed by atoms with Crippen LogP contribution in [-0.2, 0) is 11.2 Å². The fourth-order valence-electron chi connectivity index (χ4n) is 3.55. The summed E-state index contributed by atoms with van der Waals surface area (Å²) in [5.74, 6) is -0.802. The summed E-state index contributed by atoms with van der Waals surface area (Å²) in [5, 5.41) is 10.3. The van der Waals surface area contributed by atoms with Crippen LogP contribution in [0.4, 0.5) is 4.39 Å². The van der Waals surface area contributed by atoms with E-state index in [4.69, 9.17) is 11.6 Å². The van der Waals surface area contributed by atoms with Crippen molar-refractivity contribution in [2.75, 3.05) is 13.6 Å². The maximum atomic E-state index is 13.4. The number of hydrogen-bond acceptors (Lipinski definition) is 3. The molecule has 33 heavy (non-hydrogen) atoms. The van der Waals surface area contributed by atoms with E-state index in [1.807, 2.05) is 12.1 Å². The van der Waals surface area contributed by atoms with E-state index in [-0.39, 0.29) is 17.6 Å². The van der Waals surface area contributed by atoms with Crippen LogP contribution in [0.2, 0.25) is 5.02 Å². The first-order valence-electron chi connectivity index (χ1n) is 11.0. The number of rotatable bonds is 10. The molecule has 0 saturated carbocycles. The van der Waals surface area contributed by atoms with Crippen molar-refractivity contribution in [1.82, 2.24) is 20.4 Å². The molecule has 0 aliphatic carbocycles. The van der Waals surface area contributed by atoms with Crippen LogP contribution in [0.3, 0.4) is 0 Å². The Balaban J connectivity index is 1.38. The van der Waals surface area contributed by atoms with Gasteiger partial charge in [0.05, 0.1) is 16.3 Å². The van der Waals surface area contributed by atoms with Crippen LogP contribution in [0.5, 0.6) is 0 Å². The number of aromatic nitrogens is 2. The topological polar surface area (TPSA) is 78.1 Å². The fraction of sp³-hybridized carbons (Fsp3) is 0.320. The van der Waals surface area contributed by atoms with Gasteiger partial charge >= 0.3 is 0 Å². The minimum atomic E-state index is -0.648. The second-order valence-corrected chi connectivity index (χ2v) is 8.44. The van der Waals surface area contributed by atoms with Gasteiger partial charge in [-0.1, -0.05) is 42.3 Å². The number of aromatic amines is 1. The van der Waals surface area contributed by atoms with E-state index < -0.39 is 6.04 Å². The lowest BCUT2D eigenvalue weighted by molar-refractivity contribution is -0.131. The van der Waals surface area contributed by atoms with Crippen molar-refractivity contribution < 1.29 is 14.0 Å². The highest BCUT2D eigenvalue weighted by Crippen LogP contribution is 2.19. The van der Waals surface area contributed by atoms with Gasteiger partial charge in [-0.3, -0.25) is 14.7 Å². The molecule has 0 aliphatic heterocycles. The molecule has 1 atom stereocenters. The van der Waals surface area contributed by atoms with Gasteiger partial charge in [-0.05, 0) is 56.5 Å². The molecule has 0 radical (unpaired) electrons. The minimum absolute atomic E-state index is 0.149. The Morgan fingerprint density at radius 1 is 1.12 bits per heavy atom. The van der Waals surface area contributed by atoms with Gasteiger partial charge in [-0.25, -0.2) is 4.39 Å². The van der Waals surface area contributed by atoms with E-state index in [0.29, 0.717) is 17.1 Å². The van der Waals surface area contributed by atoms with Crippen LogP contribution >= 0.6 is 11.6 Å². The number of unbranched alkanes of at least 4 members (excludes halogenated alkanes) is 2. The van der Waals surface area contributed by atoms with E-state index in [9.17, 15) is 14.0 Å². The van der Waals surface area contributed by atoms with Gasteiger partial charge in [0, 0.05) is 24.8 Å². The molecular formula is C25H28ClFN4O2. The highest BCUT2D eigenvalue weighted by Gasteiger charge is 2.20. The number of amides is 2. The highest BCUT2D eigenvalue weighted by molar-refractivity contribution is 6.33. The molecule has 8 heteroatoms. The number of nitrogens with one attached hydrogen (secondary N) is 2. The standard InChI is InChI=1S/C25H28ClFN4O2/c1-17(28-24(32)21-12-5-6-13-22(21)26)25(33)31(2)14-7-3-4-11-20-16-23(30-29-20)18-9-8-10-19(27)15-18/h5-6,8-10,12-13,15-17H,3-4,7,11,14H2,1-2H3,(H,28,32)(H,29,30). The first-order valence-corrected chi connectivity index (χ1v) is 11.3. The van der Waals surface area contributed by atoms with Crippen LogP contribution < -0.4 is 5.32 Å². The van der Waals surface area contributed by atoms with Crippen molar-refractivity contribution in [3.63, 3.8) is 0 Å². The number of likely N-dealkylation sites (N-methyl/N-ethyl adjacent to an activating group) is 1. The normalized spacial score (nSPS) is 11.8. The average molecular weight is 471 g/mol. The lowest BCUT2D eigenvalue weighted by Crippen LogP contribution is -2.45. The lowest BCUT2D eigenvalue weighted by atomic mass is 10.1. The van der Waals surface area contributed by atoms with Gasteiger partial charge in [0.15, 0.2) is 0 Å². The monoisotopic (exact) mass is 470 g/mol. The molecule has 0 bridgehead atoms. The summed E-state index contributed by atoms with van der Waals surface area (Å²) in [6, 6.07) is 14.4. The second-order valence-electron chi connectivity index (χ2n) is 8.03. The molecule has 6 nitrogen and oxygen atoms in total. The lowest BCUT2D eigenvalue weighted by Gasteiger charge is -2.22. The largest absolute Gasteiger partial charge is 0.344 e. The SMILES string of the molecule is CC(NC(=O)c1ccccc1Cl)C(=O)N(C)CCCCCc1cc(-c2cccc(F)c2)n[nH]1. The quantitative estimate of drug-likeness (QED) is 0.415. The third-order valence-electron chi connectivity index (χ3n) is 5.40. The number of carbonyl (C=O) groups excluding carboxylic acids is 2. The van der Waals surface area contributed by atoms with Crippen molar-refractivity contribution in [3.05, 3.63) is 76.7 Å². The van der Waals surface area contributed by atoms with Crippen molar-refractivity contribution in [1.29, 1.82) is 0 Å². The van der Waals surface area contributed by atoms with Gasteiger partial charge in [-0.2, -0.15) is 5.10 Å². The number of benzene rings is 2. The van der Waals surface area contributed by atoms with E-state index in [1.165, 1.54) is 12.1 Å². The first-order chi connectivity index (χ1) is 15.8. The Kier molecular flexibility index (Phi) is 8.60. The first kappa shape index (κ1) is 24.5. The average Bonchev–Trinajstić information content (AvgIpc) is 3.27. The molecule has 1 heterocycles. The fourth-order valence-corrected chi connectivity index (χ4v) is 3.77. The maximum Gasteiger partial charge on any atom is 0.253 e.